The molecule has 0 bridgehead atoms. The summed E-state index contributed by atoms with van der Waals surface area (Å²) in [7, 11) is 1.76. The predicted molar refractivity (Wildman–Crippen MR) is 60.5 cm³/mol. The van der Waals surface area contributed by atoms with Crippen molar-refractivity contribution in [2.75, 3.05) is 20.1 Å². The molecule has 0 aromatic heterocycles. The molecular weight excluding hydrogens is 188 g/mol. The molecule has 1 amide bonds. The van der Waals surface area contributed by atoms with Crippen LogP contribution in [0.2, 0.25) is 0 Å². The summed E-state index contributed by atoms with van der Waals surface area (Å²) in [5.41, 5.74) is 0. The lowest BCUT2D eigenvalue weighted by Crippen LogP contribution is -2.37. The third kappa shape index (κ3) is 2.33. The smallest absolute Gasteiger partial charge is 0.223 e. The van der Waals surface area contributed by atoms with E-state index >= 15 is 0 Å². The van der Waals surface area contributed by atoms with Gasteiger partial charge in [-0.25, -0.2) is 0 Å². The van der Waals surface area contributed by atoms with Gasteiger partial charge in [-0.1, -0.05) is 6.42 Å². The second kappa shape index (κ2) is 4.97. The van der Waals surface area contributed by atoms with Crippen molar-refractivity contribution in [2.24, 2.45) is 17.8 Å². The highest BCUT2D eigenvalue weighted by atomic mass is 16.1. The minimum atomic E-state index is 0.274. The molecule has 1 heterocycles. The number of carbonyl (C=O) groups excluding carboxylic acids is 1. The van der Waals surface area contributed by atoms with E-state index in [0.717, 1.165) is 25.4 Å². The summed E-state index contributed by atoms with van der Waals surface area (Å²) in [5.74, 6) is 2.03. The molecule has 1 aliphatic heterocycles. The van der Waals surface area contributed by atoms with Crippen LogP contribution in [0.3, 0.4) is 0 Å². The maximum Gasteiger partial charge on any atom is 0.223 e. The average Bonchev–Trinajstić information content (AvgIpc) is 2.78. The molecule has 3 nitrogen and oxygen atoms in total. The summed E-state index contributed by atoms with van der Waals surface area (Å²) in [6.45, 7) is 2.28. The monoisotopic (exact) mass is 210 g/mol. The van der Waals surface area contributed by atoms with E-state index in [1.807, 2.05) is 0 Å². The molecule has 2 N–H and O–H groups in total. The van der Waals surface area contributed by atoms with Crippen molar-refractivity contribution in [3.8, 4) is 0 Å². The lowest BCUT2D eigenvalue weighted by molar-refractivity contribution is -0.126. The molecule has 0 spiro atoms. The van der Waals surface area contributed by atoms with Gasteiger partial charge in [0, 0.05) is 13.0 Å². The minimum absolute atomic E-state index is 0.274. The first-order chi connectivity index (χ1) is 7.33. The van der Waals surface area contributed by atoms with Gasteiger partial charge in [0.05, 0.1) is 0 Å². The maximum atomic E-state index is 11.7. The van der Waals surface area contributed by atoms with Gasteiger partial charge in [0.1, 0.15) is 0 Å². The molecule has 0 radical (unpaired) electrons. The molecule has 1 aliphatic carbocycles. The highest BCUT2D eigenvalue weighted by Gasteiger charge is 2.37. The summed E-state index contributed by atoms with van der Waals surface area (Å²) in [4.78, 5) is 11.7. The molecule has 0 aromatic carbocycles. The zero-order chi connectivity index (χ0) is 10.7. The van der Waals surface area contributed by atoms with E-state index in [4.69, 9.17) is 0 Å². The Bertz CT molecular complexity index is 224. The van der Waals surface area contributed by atoms with Crippen molar-refractivity contribution in [2.45, 2.75) is 32.1 Å². The van der Waals surface area contributed by atoms with Crippen molar-refractivity contribution in [3.05, 3.63) is 0 Å². The Kier molecular flexibility index (Phi) is 3.62. The molecule has 1 saturated carbocycles. The minimum Gasteiger partial charge on any atom is -0.359 e. The van der Waals surface area contributed by atoms with Crippen LogP contribution in [0.5, 0.6) is 0 Å². The van der Waals surface area contributed by atoms with Gasteiger partial charge < -0.3 is 10.6 Å². The van der Waals surface area contributed by atoms with E-state index in [9.17, 15) is 4.79 Å². The number of carbonyl (C=O) groups is 1. The predicted octanol–water partition coefficient (Wildman–Crippen LogP) is 1.15. The quantitative estimate of drug-likeness (QED) is 0.718. The Morgan fingerprint density at radius 2 is 1.93 bits per heavy atom. The van der Waals surface area contributed by atoms with Crippen LogP contribution in [-0.4, -0.2) is 26.0 Å². The Hall–Kier alpha value is -0.570. The van der Waals surface area contributed by atoms with E-state index in [1.54, 1.807) is 7.05 Å². The fourth-order valence-electron chi connectivity index (χ4n) is 3.34. The van der Waals surface area contributed by atoms with Gasteiger partial charge in [-0.2, -0.15) is 0 Å². The number of piperidine rings is 1. The Labute approximate surface area is 92.0 Å². The van der Waals surface area contributed by atoms with E-state index < -0.39 is 0 Å². The standard InChI is InChI=1S/C12H22N2O/c1-13-12(15)11-4-2-3-10(11)9-5-7-14-8-6-9/h9-11,14H,2-8H2,1H3,(H,13,15)/t10?,11-/m1/s1. The summed E-state index contributed by atoms with van der Waals surface area (Å²) in [6.07, 6.45) is 6.14. The summed E-state index contributed by atoms with van der Waals surface area (Å²) < 4.78 is 0. The first-order valence-corrected chi connectivity index (χ1v) is 6.25. The van der Waals surface area contributed by atoms with Crippen LogP contribution in [0.1, 0.15) is 32.1 Å². The lowest BCUT2D eigenvalue weighted by Gasteiger charge is -2.31. The molecule has 0 aromatic rings. The number of amides is 1. The summed E-state index contributed by atoms with van der Waals surface area (Å²) in [6, 6.07) is 0. The van der Waals surface area contributed by atoms with Crippen LogP contribution in [0.4, 0.5) is 0 Å². The van der Waals surface area contributed by atoms with E-state index in [2.05, 4.69) is 10.6 Å². The number of hydrogen-bond donors (Lipinski definition) is 2. The highest BCUT2D eigenvalue weighted by molar-refractivity contribution is 5.78. The summed E-state index contributed by atoms with van der Waals surface area (Å²) in [5, 5.41) is 6.22. The third-order valence-corrected chi connectivity index (χ3v) is 4.14. The van der Waals surface area contributed by atoms with Gasteiger partial charge in [-0.15, -0.1) is 0 Å². The molecule has 2 atom stereocenters. The molecule has 1 saturated heterocycles. The average molecular weight is 210 g/mol. The van der Waals surface area contributed by atoms with Crippen LogP contribution >= 0.6 is 0 Å². The number of hydrogen-bond acceptors (Lipinski definition) is 2. The zero-order valence-corrected chi connectivity index (χ0v) is 9.59. The normalized spacial score (nSPS) is 32.9. The first kappa shape index (κ1) is 10.9. The fraction of sp³-hybridized carbons (Fsp3) is 0.917. The van der Waals surface area contributed by atoms with Crippen molar-refractivity contribution in [3.63, 3.8) is 0 Å². The zero-order valence-electron chi connectivity index (χ0n) is 9.59. The van der Waals surface area contributed by atoms with Crippen molar-refractivity contribution in [1.29, 1.82) is 0 Å². The van der Waals surface area contributed by atoms with E-state index in [1.165, 1.54) is 25.7 Å². The van der Waals surface area contributed by atoms with Crippen LogP contribution in [0, 0.1) is 17.8 Å². The Morgan fingerprint density at radius 1 is 1.20 bits per heavy atom. The highest BCUT2D eigenvalue weighted by Crippen LogP contribution is 2.40. The SMILES string of the molecule is CNC(=O)[C@@H]1CCCC1C1CCNCC1. The molecule has 3 heteroatoms. The fourth-order valence-corrected chi connectivity index (χ4v) is 3.34. The van der Waals surface area contributed by atoms with Gasteiger partial charge in [0.25, 0.3) is 0 Å². The Balaban J connectivity index is 1.97. The molecular formula is C12H22N2O. The molecule has 2 aliphatic rings. The van der Waals surface area contributed by atoms with Crippen LogP contribution in [0.15, 0.2) is 0 Å². The van der Waals surface area contributed by atoms with Gasteiger partial charge in [-0.05, 0) is 50.6 Å². The number of nitrogens with one attached hydrogen (secondary N) is 2. The molecule has 15 heavy (non-hydrogen) atoms. The molecule has 2 fully saturated rings. The van der Waals surface area contributed by atoms with Gasteiger partial charge >= 0.3 is 0 Å². The van der Waals surface area contributed by atoms with E-state index in [0.29, 0.717) is 11.8 Å². The Morgan fingerprint density at radius 3 is 2.60 bits per heavy atom. The second-order valence-corrected chi connectivity index (χ2v) is 4.90. The topological polar surface area (TPSA) is 41.1 Å². The van der Waals surface area contributed by atoms with Crippen LogP contribution < -0.4 is 10.6 Å². The van der Waals surface area contributed by atoms with Crippen LogP contribution in [0.25, 0.3) is 0 Å². The number of rotatable bonds is 2. The van der Waals surface area contributed by atoms with Crippen molar-refractivity contribution >= 4 is 5.91 Å². The maximum absolute atomic E-state index is 11.7. The summed E-state index contributed by atoms with van der Waals surface area (Å²) >= 11 is 0. The third-order valence-electron chi connectivity index (χ3n) is 4.14. The van der Waals surface area contributed by atoms with Crippen molar-refractivity contribution < 1.29 is 4.79 Å². The molecule has 86 valence electrons. The lowest BCUT2D eigenvalue weighted by atomic mass is 9.78. The van der Waals surface area contributed by atoms with Gasteiger partial charge in [-0.3, -0.25) is 4.79 Å². The van der Waals surface area contributed by atoms with Crippen LogP contribution in [-0.2, 0) is 4.79 Å². The molecule has 1 unspecified atom stereocenters. The van der Waals surface area contributed by atoms with Crippen molar-refractivity contribution in [1.82, 2.24) is 10.6 Å². The first-order valence-electron chi connectivity index (χ1n) is 6.25. The largest absolute Gasteiger partial charge is 0.359 e. The molecule has 2 rings (SSSR count). The second-order valence-electron chi connectivity index (χ2n) is 4.90. The van der Waals surface area contributed by atoms with E-state index in [-0.39, 0.29) is 5.91 Å². The van der Waals surface area contributed by atoms with Gasteiger partial charge in [0.15, 0.2) is 0 Å². The van der Waals surface area contributed by atoms with Gasteiger partial charge in [0.2, 0.25) is 5.91 Å².